The first-order valence-corrected chi connectivity index (χ1v) is 7.56. The maximum absolute atomic E-state index is 6.56. The van der Waals surface area contributed by atoms with Crippen molar-refractivity contribution in [1.29, 1.82) is 0 Å². The fourth-order valence-corrected chi connectivity index (χ4v) is 3.11. The highest BCUT2D eigenvalue weighted by Gasteiger charge is 2.19. The third kappa shape index (κ3) is 5.24. The molecule has 20 heavy (non-hydrogen) atoms. The molecule has 2 unspecified atom stereocenters. The van der Waals surface area contributed by atoms with Crippen molar-refractivity contribution >= 4 is 11.6 Å². The molecule has 114 valence electrons. The van der Waals surface area contributed by atoms with Crippen molar-refractivity contribution in [2.75, 3.05) is 14.2 Å². The molecule has 0 spiro atoms. The molecule has 2 nitrogen and oxygen atoms in total. The van der Waals surface area contributed by atoms with Gasteiger partial charge < -0.3 is 9.47 Å². The van der Waals surface area contributed by atoms with Crippen molar-refractivity contribution in [2.45, 2.75) is 45.9 Å². The highest BCUT2D eigenvalue weighted by atomic mass is 35.5. The van der Waals surface area contributed by atoms with E-state index in [2.05, 4.69) is 27.7 Å². The second-order valence-electron chi connectivity index (χ2n) is 6.69. The number of methoxy groups -OCH3 is 2. The van der Waals surface area contributed by atoms with E-state index in [0.29, 0.717) is 11.3 Å². The smallest absolute Gasteiger partial charge is 0.161 e. The lowest BCUT2D eigenvalue weighted by Gasteiger charge is -2.25. The Morgan fingerprint density at radius 1 is 1.10 bits per heavy atom. The summed E-state index contributed by atoms with van der Waals surface area (Å²) in [6.45, 7) is 9.07. The minimum absolute atomic E-state index is 0.00663. The van der Waals surface area contributed by atoms with Gasteiger partial charge >= 0.3 is 0 Å². The molecule has 0 amide bonds. The zero-order valence-electron chi connectivity index (χ0n) is 13.5. The summed E-state index contributed by atoms with van der Waals surface area (Å²) < 4.78 is 10.6. The fraction of sp³-hybridized carbons (Fsp3) is 0.647. The molecule has 0 aliphatic heterocycles. The van der Waals surface area contributed by atoms with E-state index in [9.17, 15) is 0 Å². The molecule has 0 aliphatic carbocycles. The average Bonchev–Trinajstić information content (AvgIpc) is 2.35. The number of halogens is 1. The van der Waals surface area contributed by atoms with E-state index in [4.69, 9.17) is 21.1 Å². The number of ether oxygens (including phenoxy) is 2. The molecule has 1 rings (SSSR count). The molecule has 1 aromatic rings. The van der Waals surface area contributed by atoms with Gasteiger partial charge in [0, 0.05) is 0 Å². The molecule has 2 atom stereocenters. The summed E-state index contributed by atoms with van der Waals surface area (Å²) in [4.78, 5) is 0. The lowest BCUT2D eigenvalue weighted by atomic mass is 9.83. The maximum Gasteiger partial charge on any atom is 0.161 e. The molecule has 0 heterocycles. The number of hydrogen-bond acceptors (Lipinski definition) is 2. The SMILES string of the molecule is COc1ccc(C(Cl)CC(C)CC(C)(C)C)cc1OC. The summed E-state index contributed by atoms with van der Waals surface area (Å²) in [6.07, 6.45) is 2.14. The number of benzene rings is 1. The second-order valence-corrected chi connectivity index (χ2v) is 7.21. The summed E-state index contributed by atoms with van der Waals surface area (Å²) >= 11 is 6.56. The van der Waals surface area contributed by atoms with Gasteiger partial charge in [0.15, 0.2) is 11.5 Å². The van der Waals surface area contributed by atoms with Crippen LogP contribution in [0.5, 0.6) is 11.5 Å². The number of rotatable bonds is 6. The van der Waals surface area contributed by atoms with Gasteiger partial charge in [0.1, 0.15) is 0 Å². The lowest BCUT2D eigenvalue weighted by Crippen LogP contribution is -2.12. The van der Waals surface area contributed by atoms with E-state index in [0.717, 1.165) is 23.5 Å². The van der Waals surface area contributed by atoms with E-state index in [1.807, 2.05) is 18.2 Å². The van der Waals surface area contributed by atoms with Crippen LogP contribution in [0.3, 0.4) is 0 Å². The molecule has 0 fully saturated rings. The summed E-state index contributed by atoms with van der Waals surface area (Å²) in [5.41, 5.74) is 1.43. The first-order valence-electron chi connectivity index (χ1n) is 7.13. The first-order chi connectivity index (χ1) is 9.26. The van der Waals surface area contributed by atoms with Crippen LogP contribution in [0.2, 0.25) is 0 Å². The fourth-order valence-electron chi connectivity index (χ4n) is 2.67. The van der Waals surface area contributed by atoms with Crippen molar-refractivity contribution in [3.63, 3.8) is 0 Å². The molecule has 0 N–H and O–H groups in total. The van der Waals surface area contributed by atoms with E-state index in [1.54, 1.807) is 14.2 Å². The van der Waals surface area contributed by atoms with Gasteiger partial charge in [-0.1, -0.05) is 33.8 Å². The molecule has 3 heteroatoms. The van der Waals surface area contributed by atoms with Crippen LogP contribution < -0.4 is 9.47 Å². The van der Waals surface area contributed by atoms with E-state index in [-0.39, 0.29) is 5.38 Å². The highest BCUT2D eigenvalue weighted by Crippen LogP contribution is 2.37. The zero-order valence-corrected chi connectivity index (χ0v) is 14.3. The topological polar surface area (TPSA) is 18.5 Å². The van der Waals surface area contributed by atoms with Crippen LogP contribution in [0.25, 0.3) is 0 Å². The third-order valence-corrected chi connectivity index (χ3v) is 3.77. The van der Waals surface area contributed by atoms with Crippen LogP contribution in [-0.4, -0.2) is 14.2 Å². The maximum atomic E-state index is 6.56. The third-order valence-electron chi connectivity index (χ3n) is 3.34. The monoisotopic (exact) mass is 298 g/mol. The highest BCUT2D eigenvalue weighted by molar-refractivity contribution is 6.20. The predicted molar refractivity (Wildman–Crippen MR) is 86.0 cm³/mol. The minimum atomic E-state index is 0.00663. The quantitative estimate of drug-likeness (QED) is 0.650. The van der Waals surface area contributed by atoms with E-state index >= 15 is 0 Å². The lowest BCUT2D eigenvalue weighted by molar-refractivity contribution is 0.295. The van der Waals surface area contributed by atoms with Crippen molar-refractivity contribution in [2.24, 2.45) is 11.3 Å². The van der Waals surface area contributed by atoms with Gasteiger partial charge in [0.2, 0.25) is 0 Å². The Morgan fingerprint density at radius 2 is 1.70 bits per heavy atom. The van der Waals surface area contributed by atoms with E-state index < -0.39 is 0 Å². The molecular weight excluding hydrogens is 272 g/mol. The van der Waals surface area contributed by atoms with Crippen molar-refractivity contribution in [3.8, 4) is 11.5 Å². The van der Waals surface area contributed by atoms with Gasteiger partial charge in [-0.2, -0.15) is 0 Å². The molecule has 0 aliphatic rings. The Hall–Kier alpha value is -0.890. The van der Waals surface area contributed by atoms with Gasteiger partial charge in [-0.15, -0.1) is 11.6 Å². The zero-order chi connectivity index (χ0) is 15.3. The Morgan fingerprint density at radius 3 is 2.20 bits per heavy atom. The van der Waals surface area contributed by atoms with Crippen LogP contribution in [-0.2, 0) is 0 Å². The van der Waals surface area contributed by atoms with Crippen molar-refractivity contribution < 1.29 is 9.47 Å². The molecule has 0 bridgehead atoms. The van der Waals surface area contributed by atoms with Crippen LogP contribution in [0, 0.1) is 11.3 Å². The van der Waals surface area contributed by atoms with Crippen LogP contribution in [0.1, 0.15) is 51.5 Å². The Bertz CT molecular complexity index is 423. The molecular formula is C17H27ClO2. The van der Waals surface area contributed by atoms with Gasteiger partial charge in [-0.25, -0.2) is 0 Å². The Balaban J connectivity index is 2.74. The van der Waals surface area contributed by atoms with Gasteiger partial charge in [0.05, 0.1) is 19.6 Å². The van der Waals surface area contributed by atoms with Crippen LogP contribution in [0.4, 0.5) is 0 Å². The molecule has 0 saturated heterocycles. The number of alkyl halides is 1. The predicted octanol–water partition coefficient (Wildman–Crippen LogP) is 5.45. The number of hydrogen-bond donors (Lipinski definition) is 0. The average molecular weight is 299 g/mol. The summed E-state index contributed by atoms with van der Waals surface area (Å²) in [5, 5.41) is 0.00663. The Labute approximate surface area is 128 Å². The van der Waals surface area contributed by atoms with Gasteiger partial charge in [-0.05, 0) is 41.9 Å². The van der Waals surface area contributed by atoms with Crippen LogP contribution >= 0.6 is 11.6 Å². The molecule has 0 aromatic heterocycles. The summed E-state index contributed by atoms with van der Waals surface area (Å²) in [7, 11) is 3.29. The minimum Gasteiger partial charge on any atom is -0.493 e. The summed E-state index contributed by atoms with van der Waals surface area (Å²) in [5.74, 6) is 2.06. The molecule has 0 saturated carbocycles. The second kappa shape index (κ2) is 7.21. The van der Waals surface area contributed by atoms with Crippen molar-refractivity contribution in [3.05, 3.63) is 23.8 Å². The van der Waals surface area contributed by atoms with E-state index in [1.165, 1.54) is 6.42 Å². The van der Waals surface area contributed by atoms with Crippen LogP contribution in [0.15, 0.2) is 18.2 Å². The Kier molecular flexibility index (Phi) is 6.19. The van der Waals surface area contributed by atoms with Gasteiger partial charge in [0.25, 0.3) is 0 Å². The first kappa shape index (κ1) is 17.2. The molecule has 1 aromatic carbocycles. The molecule has 0 radical (unpaired) electrons. The van der Waals surface area contributed by atoms with Crippen molar-refractivity contribution in [1.82, 2.24) is 0 Å². The van der Waals surface area contributed by atoms with Gasteiger partial charge in [-0.3, -0.25) is 0 Å². The normalized spacial score (nSPS) is 14.8. The largest absolute Gasteiger partial charge is 0.493 e. The summed E-state index contributed by atoms with van der Waals surface area (Å²) in [6, 6.07) is 5.90. The standard InChI is InChI=1S/C17H27ClO2/c1-12(11-17(2,3)4)9-14(18)13-7-8-15(19-5)16(10-13)20-6/h7-8,10,12,14H,9,11H2,1-6H3.